The Morgan fingerprint density at radius 1 is 1.19 bits per heavy atom. The van der Waals surface area contributed by atoms with Crippen molar-refractivity contribution in [2.75, 3.05) is 19.8 Å². The lowest BCUT2D eigenvalue weighted by Gasteiger charge is -2.35. The highest BCUT2D eigenvalue weighted by Gasteiger charge is 2.40. The van der Waals surface area contributed by atoms with E-state index in [2.05, 4.69) is 5.10 Å². The monoisotopic (exact) mass is 447 g/mol. The molecule has 0 unspecified atom stereocenters. The van der Waals surface area contributed by atoms with E-state index in [-0.39, 0.29) is 23.0 Å². The summed E-state index contributed by atoms with van der Waals surface area (Å²) in [5.74, 6) is -0.204. The minimum Gasteiger partial charge on any atom is -0.391 e. The first-order chi connectivity index (χ1) is 14.2. The fourth-order valence-electron chi connectivity index (χ4n) is 4.28. The van der Waals surface area contributed by atoms with Crippen molar-refractivity contribution in [1.82, 2.24) is 14.7 Å². The molecule has 0 saturated carbocycles. The van der Waals surface area contributed by atoms with Crippen LogP contribution in [0.5, 0.6) is 5.88 Å². The van der Waals surface area contributed by atoms with Gasteiger partial charge in [0.15, 0.2) is 9.84 Å². The van der Waals surface area contributed by atoms with Crippen LogP contribution in [0, 0.1) is 20.8 Å². The first-order valence-corrected chi connectivity index (χ1v) is 11.7. The fraction of sp³-hybridized carbons (Fsp3) is 0.500. The zero-order chi connectivity index (χ0) is 23.5. The lowest BCUT2D eigenvalue weighted by atomic mass is 9.76. The highest BCUT2D eigenvalue weighted by Crippen LogP contribution is 2.43. The number of hydrogen-bond donors (Lipinski definition) is 0. The Bertz CT molecular complexity index is 1210. The second-order valence-electron chi connectivity index (χ2n) is 9.00. The van der Waals surface area contributed by atoms with Crippen molar-refractivity contribution in [3.63, 3.8) is 0 Å². The average molecular weight is 448 g/mol. The SMILES string of the molecule is Cc1cc(C(=O)c2c(C)nn(C)c2OC(=O)N(C)C)c(C)c2c1S(=O)(=O)CCC2(C)C. The van der Waals surface area contributed by atoms with Crippen LogP contribution < -0.4 is 4.74 Å². The van der Waals surface area contributed by atoms with Crippen molar-refractivity contribution in [3.8, 4) is 5.88 Å². The van der Waals surface area contributed by atoms with Crippen LogP contribution in [-0.2, 0) is 22.3 Å². The van der Waals surface area contributed by atoms with Gasteiger partial charge in [-0.05, 0) is 55.4 Å². The molecule has 1 aromatic heterocycles. The molecule has 1 aliphatic rings. The number of nitrogens with zero attached hydrogens (tertiary/aromatic N) is 3. The largest absolute Gasteiger partial charge is 0.416 e. The number of ether oxygens (including phenoxy) is 1. The Morgan fingerprint density at radius 2 is 1.81 bits per heavy atom. The molecule has 1 aromatic carbocycles. The van der Waals surface area contributed by atoms with Crippen LogP contribution in [0.2, 0.25) is 0 Å². The molecule has 0 saturated heterocycles. The van der Waals surface area contributed by atoms with Gasteiger partial charge in [0.05, 0.1) is 16.3 Å². The molecular weight excluding hydrogens is 418 g/mol. The van der Waals surface area contributed by atoms with Gasteiger partial charge < -0.3 is 9.64 Å². The maximum Gasteiger partial charge on any atom is 0.416 e. The van der Waals surface area contributed by atoms with Crippen molar-refractivity contribution in [2.45, 2.75) is 51.3 Å². The molecule has 1 aliphatic heterocycles. The first kappa shape index (κ1) is 23.0. The van der Waals surface area contributed by atoms with Crippen LogP contribution in [0.3, 0.4) is 0 Å². The smallest absolute Gasteiger partial charge is 0.391 e. The molecule has 0 aliphatic carbocycles. The fourth-order valence-corrected chi connectivity index (χ4v) is 6.56. The second kappa shape index (κ2) is 7.47. The third kappa shape index (κ3) is 3.75. The lowest BCUT2D eigenvalue weighted by molar-refractivity contribution is 0.103. The number of carbonyl (C=O) groups excluding carboxylic acids is 2. The number of sulfone groups is 1. The molecule has 0 spiro atoms. The van der Waals surface area contributed by atoms with E-state index in [0.717, 1.165) is 0 Å². The Hall–Kier alpha value is -2.68. The third-order valence-electron chi connectivity index (χ3n) is 5.90. The Kier molecular flexibility index (Phi) is 5.54. The van der Waals surface area contributed by atoms with Gasteiger partial charge in [-0.15, -0.1) is 0 Å². The summed E-state index contributed by atoms with van der Waals surface area (Å²) in [4.78, 5) is 27.4. The molecule has 1 amide bonds. The molecule has 3 rings (SSSR count). The second-order valence-corrected chi connectivity index (χ2v) is 11.0. The standard InChI is InChI=1S/C22H29N3O5S/c1-12-11-15(13(2)17-19(12)31(28,29)10-9-22(17,4)5)18(26)16-14(3)23-25(8)20(16)30-21(27)24(6)7/h11H,9-10H2,1-8H3. The molecule has 0 atom stereocenters. The van der Waals surface area contributed by atoms with E-state index in [1.807, 2.05) is 13.8 Å². The minimum absolute atomic E-state index is 0.0582. The summed E-state index contributed by atoms with van der Waals surface area (Å²) in [6.07, 6.45) is -0.139. The van der Waals surface area contributed by atoms with Crippen molar-refractivity contribution in [1.29, 1.82) is 0 Å². The highest BCUT2D eigenvalue weighted by atomic mass is 32.2. The Labute approximate surface area is 183 Å². The summed E-state index contributed by atoms with van der Waals surface area (Å²) in [5.41, 5.74) is 2.48. The molecule has 0 radical (unpaired) electrons. The normalized spacial score (nSPS) is 16.5. The number of aryl methyl sites for hydroxylation is 3. The zero-order valence-corrected chi connectivity index (χ0v) is 20.1. The minimum atomic E-state index is -3.41. The van der Waals surface area contributed by atoms with E-state index >= 15 is 0 Å². The maximum absolute atomic E-state index is 13.7. The van der Waals surface area contributed by atoms with Gasteiger partial charge in [0, 0.05) is 26.7 Å². The number of aromatic nitrogens is 2. The molecule has 31 heavy (non-hydrogen) atoms. The number of benzene rings is 1. The van der Waals surface area contributed by atoms with Gasteiger partial charge in [-0.1, -0.05) is 13.8 Å². The van der Waals surface area contributed by atoms with Gasteiger partial charge in [-0.3, -0.25) is 4.79 Å². The Morgan fingerprint density at radius 3 is 2.39 bits per heavy atom. The summed E-state index contributed by atoms with van der Waals surface area (Å²) in [6, 6.07) is 1.62. The van der Waals surface area contributed by atoms with Gasteiger partial charge in [0.1, 0.15) is 5.56 Å². The molecule has 0 N–H and O–H groups in total. The van der Waals surface area contributed by atoms with E-state index in [0.29, 0.717) is 39.3 Å². The number of fused-ring (bicyclic) bond motifs is 1. The third-order valence-corrected chi connectivity index (χ3v) is 7.79. The van der Waals surface area contributed by atoms with Crippen LogP contribution in [-0.4, -0.2) is 54.8 Å². The Balaban J connectivity index is 2.24. The first-order valence-electron chi connectivity index (χ1n) is 10.0. The predicted molar refractivity (Wildman–Crippen MR) is 117 cm³/mol. The average Bonchev–Trinajstić information content (AvgIpc) is 2.92. The molecular formula is C22H29N3O5S. The van der Waals surface area contributed by atoms with Crippen molar-refractivity contribution in [3.05, 3.63) is 39.6 Å². The molecule has 0 fully saturated rings. The molecule has 2 heterocycles. The van der Waals surface area contributed by atoms with E-state index < -0.39 is 21.3 Å². The van der Waals surface area contributed by atoms with Gasteiger partial charge in [0.2, 0.25) is 11.7 Å². The van der Waals surface area contributed by atoms with Crippen molar-refractivity contribution in [2.24, 2.45) is 7.05 Å². The summed E-state index contributed by atoms with van der Waals surface area (Å²) in [5, 5.41) is 4.27. The highest BCUT2D eigenvalue weighted by molar-refractivity contribution is 7.91. The molecule has 8 nitrogen and oxygen atoms in total. The van der Waals surface area contributed by atoms with E-state index in [4.69, 9.17) is 4.74 Å². The number of carbonyl (C=O) groups is 2. The van der Waals surface area contributed by atoms with Gasteiger partial charge in [0.25, 0.3) is 0 Å². The van der Waals surface area contributed by atoms with Crippen LogP contribution >= 0.6 is 0 Å². The van der Waals surface area contributed by atoms with Gasteiger partial charge in [-0.25, -0.2) is 17.9 Å². The van der Waals surface area contributed by atoms with Crippen molar-refractivity contribution >= 4 is 21.7 Å². The molecule has 0 bridgehead atoms. The van der Waals surface area contributed by atoms with Crippen LogP contribution in [0.1, 0.15) is 58.6 Å². The summed E-state index contributed by atoms with van der Waals surface area (Å²) in [6.45, 7) is 9.18. The topological polar surface area (TPSA) is 98.6 Å². The van der Waals surface area contributed by atoms with Gasteiger partial charge >= 0.3 is 6.09 Å². The molecule has 168 valence electrons. The van der Waals surface area contributed by atoms with Gasteiger partial charge in [-0.2, -0.15) is 5.10 Å². The zero-order valence-electron chi connectivity index (χ0n) is 19.3. The predicted octanol–water partition coefficient (Wildman–Crippen LogP) is 3.09. The van der Waals surface area contributed by atoms with Crippen LogP contribution in [0.15, 0.2) is 11.0 Å². The number of hydrogen-bond acceptors (Lipinski definition) is 6. The summed E-state index contributed by atoms with van der Waals surface area (Å²) >= 11 is 0. The van der Waals surface area contributed by atoms with Crippen LogP contribution in [0.4, 0.5) is 4.79 Å². The quantitative estimate of drug-likeness (QED) is 0.671. The number of rotatable bonds is 3. The van der Waals surface area contributed by atoms with E-state index in [1.54, 1.807) is 48.0 Å². The maximum atomic E-state index is 13.7. The van der Waals surface area contributed by atoms with Crippen LogP contribution in [0.25, 0.3) is 0 Å². The van der Waals surface area contributed by atoms with Crippen molar-refractivity contribution < 1.29 is 22.7 Å². The number of ketones is 1. The summed E-state index contributed by atoms with van der Waals surface area (Å²) < 4.78 is 32.4. The lowest BCUT2D eigenvalue weighted by Crippen LogP contribution is -2.33. The van der Waals surface area contributed by atoms with E-state index in [1.165, 1.54) is 9.58 Å². The van der Waals surface area contributed by atoms with E-state index in [9.17, 15) is 18.0 Å². The summed E-state index contributed by atoms with van der Waals surface area (Å²) in [7, 11) is 1.28. The molecule has 9 heteroatoms. The molecule has 2 aromatic rings. The number of amides is 1.